The zero-order valence-corrected chi connectivity index (χ0v) is 8.43. The summed E-state index contributed by atoms with van der Waals surface area (Å²) in [5.41, 5.74) is 6.04. The molecule has 15 heavy (non-hydrogen) atoms. The highest BCUT2D eigenvalue weighted by molar-refractivity contribution is 5.69. The minimum absolute atomic E-state index is 0.143. The van der Waals surface area contributed by atoms with Crippen LogP contribution in [0.3, 0.4) is 0 Å². The molecule has 0 saturated heterocycles. The van der Waals surface area contributed by atoms with Crippen LogP contribution >= 0.6 is 0 Å². The number of carbonyl (C=O) groups excluding carboxylic acids is 1. The van der Waals surface area contributed by atoms with Gasteiger partial charge in [0.05, 0.1) is 0 Å². The number of aliphatic hydroxyl groups excluding tert-OH is 1. The van der Waals surface area contributed by atoms with Gasteiger partial charge in [0.2, 0.25) is 0 Å². The number of hydrogen-bond donors (Lipinski definition) is 2. The van der Waals surface area contributed by atoms with Gasteiger partial charge in [-0.2, -0.15) is 0 Å². The molecule has 0 fully saturated rings. The summed E-state index contributed by atoms with van der Waals surface area (Å²) in [6.45, 7) is 0.264. The maximum Gasteiger partial charge on any atom is 0.306 e. The van der Waals surface area contributed by atoms with Crippen LogP contribution in [0.2, 0.25) is 0 Å². The molecular weight excluding hydrogens is 194 g/mol. The summed E-state index contributed by atoms with van der Waals surface area (Å²) in [5.74, 6) is -0.344. The monoisotopic (exact) mass is 209 g/mol. The average Bonchev–Trinajstić information content (AvgIpc) is 2.25. The Labute approximate surface area is 88.7 Å². The highest BCUT2D eigenvalue weighted by Gasteiger charge is 2.05. The molecule has 0 saturated carbocycles. The fourth-order valence-electron chi connectivity index (χ4n) is 1.08. The Kier molecular flexibility index (Phi) is 4.80. The Balaban J connectivity index is 2.23. The van der Waals surface area contributed by atoms with E-state index in [1.165, 1.54) is 0 Å². The van der Waals surface area contributed by atoms with Gasteiger partial charge in [0.1, 0.15) is 12.8 Å². The summed E-state index contributed by atoms with van der Waals surface area (Å²) >= 11 is 0. The lowest BCUT2D eigenvalue weighted by Crippen LogP contribution is -2.20. The molecule has 0 heterocycles. The highest BCUT2D eigenvalue weighted by Crippen LogP contribution is 2.02. The van der Waals surface area contributed by atoms with Gasteiger partial charge in [0, 0.05) is 6.42 Å². The number of nitrogens with two attached hydrogens (primary N) is 1. The van der Waals surface area contributed by atoms with Gasteiger partial charge in [0.15, 0.2) is 0 Å². The van der Waals surface area contributed by atoms with E-state index < -0.39 is 6.23 Å². The molecular formula is C11H15NO3. The van der Waals surface area contributed by atoms with Crippen molar-refractivity contribution >= 4 is 5.97 Å². The van der Waals surface area contributed by atoms with E-state index in [4.69, 9.17) is 15.6 Å². The van der Waals surface area contributed by atoms with Crippen LogP contribution in [0.15, 0.2) is 30.3 Å². The van der Waals surface area contributed by atoms with Crippen molar-refractivity contribution in [1.29, 1.82) is 0 Å². The van der Waals surface area contributed by atoms with Gasteiger partial charge in [-0.3, -0.25) is 4.79 Å². The predicted octanol–water partition coefficient (Wildman–Crippen LogP) is 0.787. The van der Waals surface area contributed by atoms with E-state index in [0.717, 1.165) is 5.56 Å². The number of rotatable bonds is 5. The highest BCUT2D eigenvalue weighted by atomic mass is 16.5. The Morgan fingerprint density at radius 2 is 2.07 bits per heavy atom. The molecule has 0 amide bonds. The fraction of sp³-hybridized carbons (Fsp3) is 0.364. The summed E-state index contributed by atoms with van der Waals surface area (Å²) in [6, 6.07) is 9.42. The third-order valence-electron chi connectivity index (χ3n) is 1.89. The molecule has 0 bridgehead atoms. The van der Waals surface area contributed by atoms with Crippen molar-refractivity contribution in [3.05, 3.63) is 35.9 Å². The van der Waals surface area contributed by atoms with E-state index in [9.17, 15) is 4.79 Å². The van der Waals surface area contributed by atoms with Crippen LogP contribution in [0, 0.1) is 0 Å². The van der Waals surface area contributed by atoms with Gasteiger partial charge in [-0.1, -0.05) is 30.3 Å². The summed E-state index contributed by atoms with van der Waals surface area (Å²) in [5, 5.41) is 8.76. The lowest BCUT2D eigenvalue weighted by Gasteiger charge is -2.05. The van der Waals surface area contributed by atoms with Crippen molar-refractivity contribution in [1.82, 2.24) is 0 Å². The molecule has 0 aliphatic heterocycles. The Morgan fingerprint density at radius 3 is 2.67 bits per heavy atom. The van der Waals surface area contributed by atoms with Crippen LogP contribution in [-0.2, 0) is 16.1 Å². The topological polar surface area (TPSA) is 72.5 Å². The second-order valence-electron chi connectivity index (χ2n) is 3.25. The predicted molar refractivity (Wildman–Crippen MR) is 55.7 cm³/mol. The largest absolute Gasteiger partial charge is 0.461 e. The van der Waals surface area contributed by atoms with Crippen LogP contribution in [0.5, 0.6) is 0 Å². The van der Waals surface area contributed by atoms with E-state index in [2.05, 4.69) is 0 Å². The van der Waals surface area contributed by atoms with Crippen molar-refractivity contribution in [2.24, 2.45) is 5.73 Å². The van der Waals surface area contributed by atoms with E-state index in [0.29, 0.717) is 0 Å². The third-order valence-corrected chi connectivity index (χ3v) is 1.89. The molecule has 3 N–H and O–H groups in total. The van der Waals surface area contributed by atoms with Crippen LogP contribution in [0.25, 0.3) is 0 Å². The van der Waals surface area contributed by atoms with Gasteiger partial charge in [0.25, 0.3) is 0 Å². The molecule has 1 unspecified atom stereocenters. The smallest absolute Gasteiger partial charge is 0.306 e. The van der Waals surface area contributed by atoms with Gasteiger partial charge in [-0.15, -0.1) is 0 Å². The van der Waals surface area contributed by atoms with Crippen molar-refractivity contribution < 1.29 is 14.6 Å². The Bertz CT molecular complexity index is 298. The van der Waals surface area contributed by atoms with E-state index in [-0.39, 0.29) is 25.4 Å². The van der Waals surface area contributed by atoms with Crippen molar-refractivity contribution in [2.45, 2.75) is 25.7 Å². The Morgan fingerprint density at radius 1 is 1.40 bits per heavy atom. The molecule has 1 atom stereocenters. The molecule has 0 aliphatic carbocycles. The molecule has 1 rings (SSSR count). The summed E-state index contributed by atoms with van der Waals surface area (Å²) < 4.78 is 4.97. The minimum atomic E-state index is -0.950. The van der Waals surface area contributed by atoms with Crippen LogP contribution < -0.4 is 5.73 Å². The molecule has 0 aliphatic rings. The number of ether oxygens (including phenoxy) is 1. The maximum absolute atomic E-state index is 11.1. The van der Waals surface area contributed by atoms with Gasteiger partial charge < -0.3 is 15.6 Å². The molecule has 0 spiro atoms. The zero-order chi connectivity index (χ0) is 11.1. The van der Waals surface area contributed by atoms with Gasteiger partial charge >= 0.3 is 5.97 Å². The lowest BCUT2D eigenvalue weighted by atomic mass is 10.2. The van der Waals surface area contributed by atoms with Crippen molar-refractivity contribution in [2.75, 3.05) is 0 Å². The number of hydrogen-bond acceptors (Lipinski definition) is 4. The standard InChI is InChI=1S/C11H15NO3/c12-10(13)6-7-11(14)15-8-9-4-2-1-3-5-9/h1-5,10,13H,6-8,12H2. The van der Waals surface area contributed by atoms with E-state index in [1.54, 1.807) is 0 Å². The van der Waals surface area contributed by atoms with Gasteiger partial charge in [-0.05, 0) is 12.0 Å². The number of benzene rings is 1. The van der Waals surface area contributed by atoms with Crippen molar-refractivity contribution in [3.8, 4) is 0 Å². The summed E-state index contributed by atoms with van der Waals surface area (Å²) in [4.78, 5) is 11.1. The minimum Gasteiger partial charge on any atom is -0.461 e. The molecule has 4 nitrogen and oxygen atoms in total. The number of aliphatic hydroxyl groups is 1. The van der Waals surface area contributed by atoms with Gasteiger partial charge in [-0.25, -0.2) is 0 Å². The van der Waals surface area contributed by atoms with Crippen molar-refractivity contribution in [3.63, 3.8) is 0 Å². The zero-order valence-electron chi connectivity index (χ0n) is 8.43. The second-order valence-corrected chi connectivity index (χ2v) is 3.25. The van der Waals surface area contributed by atoms with Crippen LogP contribution in [0.4, 0.5) is 0 Å². The molecule has 1 aromatic carbocycles. The molecule has 82 valence electrons. The van der Waals surface area contributed by atoms with E-state index in [1.807, 2.05) is 30.3 Å². The Hall–Kier alpha value is -1.39. The quantitative estimate of drug-likeness (QED) is 0.555. The van der Waals surface area contributed by atoms with Crippen LogP contribution in [-0.4, -0.2) is 17.3 Å². The maximum atomic E-state index is 11.1. The summed E-state index contributed by atoms with van der Waals surface area (Å²) in [6.07, 6.45) is -0.577. The first kappa shape index (κ1) is 11.7. The molecule has 0 radical (unpaired) electrons. The first-order valence-corrected chi connectivity index (χ1v) is 4.81. The molecule has 0 aromatic heterocycles. The lowest BCUT2D eigenvalue weighted by molar-refractivity contribution is -0.145. The normalized spacial score (nSPS) is 12.1. The van der Waals surface area contributed by atoms with E-state index >= 15 is 0 Å². The first-order valence-electron chi connectivity index (χ1n) is 4.81. The fourth-order valence-corrected chi connectivity index (χ4v) is 1.08. The first-order chi connectivity index (χ1) is 7.18. The second kappa shape index (κ2) is 6.16. The number of carbonyl (C=O) groups is 1. The average molecular weight is 209 g/mol. The summed E-state index contributed by atoms with van der Waals surface area (Å²) in [7, 11) is 0. The van der Waals surface area contributed by atoms with Crippen LogP contribution in [0.1, 0.15) is 18.4 Å². The molecule has 1 aromatic rings. The molecule has 4 heteroatoms. The number of esters is 1. The SMILES string of the molecule is NC(O)CCC(=O)OCc1ccccc1. The third kappa shape index (κ3) is 5.15.